The van der Waals surface area contributed by atoms with Gasteiger partial charge in [0.15, 0.2) is 5.12 Å². The van der Waals surface area contributed by atoms with Gasteiger partial charge in [-0.25, -0.2) is 0 Å². The summed E-state index contributed by atoms with van der Waals surface area (Å²) < 4.78 is 0. The number of hydrogen-bond donors (Lipinski definition) is 2. The SMILES string of the molecule is O=C(S)CCCCCCCCCCCCCO. The summed E-state index contributed by atoms with van der Waals surface area (Å²) in [5, 5.41) is 8.64. The molecule has 0 rings (SSSR count). The molecule has 0 spiro atoms. The van der Waals surface area contributed by atoms with E-state index in [1.165, 1.54) is 57.8 Å². The molecule has 102 valence electrons. The first kappa shape index (κ1) is 17.0. The molecule has 0 aromatic carbocycles. The highest BCUT2D eigenvalue weighted by atomic mass is 32.1. The van der Waals surface area contributed by atoms with Crippen LogP contribution in [-0.4, -0.2) is 16.8 Å². The standard InChI is InChI=1S/C14H28O2S/c15-13-11-9-7-5-3-1-2-4-6-8-10-12-14(16)17/h15H,1-13H2,(H,16,17). The van der Waals surface area contributed by atoms with Crippen LogP contribution in [0.5, 0.6) is 0 Å². The molecule has 0 aliphatic rings. The Morgan fingerprint density at radius 1 is 0.706 bits per heavy atom. The Morgan fingerprint density at radius 3 is 1.41 bits per heavy atom. The van der Waals surface area contributed by atoms with Crippen molar-refractivity contribution in [3.05, 3.63) is 0 Å². The van der Waals surface area contributed by atoms with Crippen LogP contribution in [0.3, 0.4) is 0 Å². The second kappa shape index (κ2) is 14.0. The maximum atomic E-state index is 10.6. The highest BCUT2D eigenvalue weighted by Gasteiger charge is 1.95. The second-order valence-electron chi connectivity index (χ2n) is 4.76. The summed E-state index contributed by atoms with van der Waals surface area (Å²) in [6.45, 7) is 0.342. The van der Waals surface area contributed by atoms with Gasteiger partial charge in [0.25, 0.3) is 0 Å². The van der Waals surface area contributed by atoms with E-state index in [4.69, 9.17) is 5.11 Å². The number of carbonyl (C=O) groups excluding carboxylic acids is 1. The Morgan fingerprint density at radius 2 is 1.06 bits per heavy atom. The lowest BCUT2D eigenvalue weighted by Crippen LogP contribution is -1.87. The molecule has 0 saturated carbocycles. The van der Waals surface area contributed by atoms with Gasteiger partial charge in [-0.3, -0.25) is 4.79 Å². The number of unbranched alkanes of at least 4 members (excludes halogenated alkanes) is 10. The number of thiol groups is 1. The van der Waals surface area contributed by atoms with E-state index in [1.54, 1.807) is 0 Å². The van der Waals surface area contributed by atoms with Crippen molar-refractivity contribution in [3.63, 3.8) is 0 Å². The lowest BCUT2D eigenvalue weighted by atomic mass is 10.1. The highest BCUT2D eigenvalue weighted by molar-refractivity contribution is 7.96. The van der Waals surface area contributed by atoms with E-state index < -0.39 is 0 Å². The van der Waals surface area contributed by atoms with Crippen LogP contribution < -0.4 is 0 Å². The van der Waals surface area contributed by atoms with Gasteiger partial charge in [-0.15, -0.1) is 12.6 Å². The topological polar surface area (TPSA) is 37.3 Å². The zero-order valence-corrected chi connectivity index (χ0v) is 11.9. The smallest absolute Gasteiger partial charge is 0.185 e. The molecule has 0 atom stereocenters. The van der Waals surface area contributed by atoms with E-state index >= 15 is 0 Å². The Kier molecular flexibility index (Phi) is 14.0. The van der Waals surface area contributed by atoms with Gasteiger partial charge in [0.2, 0.25) is 0 Å². The average Bonchev–Trinajstić information content (AvgIpc) is 2.30. The van der Waals surface area contributed by atoms with Crippen molar-refractivity contribution < 1.29 is 9.90 Å². The largest absolute Gasteiger partial charge is 0.396 e. The van der Waals surface area contributed by atoms with Gasteiger partial charge < -0.3 is 5.11 Å². The van der Waals surface area contributed by atoms with Crippen LogP contribution in [0.25, 0.3) is 0 Å². The van der Waals surface area contributed by atoms with Gasteiger partial charge in [-0.1, -0.05) is 57.8 Å². The predicted octanol–water partition coefficient (Wildman–Crippen LogP) is 4.12. The zero-order valence-electron chi connectivity index (χ0n) is 11.0. The molecule has 0 unspecified atom stereocenters. The molecule has 0 aromatic heterocycles. The maximum absolute atomic E-state index is 10.6. The monoisotopic (exact) mass is 260 g/mol. The Balaban J connectivity index is 2.91. The van der Waals surface area contributed by atoms with Crippen molar-refractivity contribution in [2.75, 3.05) is 6.61 Å². The van der Waals surface area contributed by atoms with Crippen molar-refractivity contribution in [2.24, 2.45) is 0 Å². The summed E-state index contributed by atoms with van der Waals surface area (Å²) in [6, 6.07) is 0. The summed E-state index contributed by atoms with van der Waals surface area (Å²) in [6.07, 6.45) is 14.1. The first-order chi connectivity index (χ1) is 8.27. The average molecular weight is 260 g/mol. The van der Waals surface area contributed by atoms with E-state index in [0.29, 0.717) is 13.0 Å². The third-order valence-electron chi connectivity index (χ3n) is 3.05. The third-order valence-corrected chi connectivity index (χ3v) is 3.27. The number of aliphatic hydroxyl groups excluding tert-OH is 1. The summed E-state index contributed by atoms with van der Waals surface area (Å²) in [5.41, 5.74) is 0. The molecule has 0 aliphatic heterocycles. The summed E-state index contributed by atoms with van der Waals surface area (Å²) >= 11 is 3.75. The molecule has 0 heterocycles. The van der Waals surface area contributed by atoms with E-state index in [9.17, 15) is 4.79 Å². The highest BCUT2D eigenvalue weighted by Crippen LogP contribution is 2.12. The van der Waals surface area contributed by atoms with Gasteiger partial charge in [0.05, 0.1) is 0 Å². The quantitative estimate of drug-likeness (QED) is 0.386. The van der Waals surface area contributed by atoms with Crippen LogP contribution in [0.4, 0.5) is 0 Å². The minimum Gasteiger partial charge on any atom is -0.396 e. The predicted molar refractivity (Wildman–Crippen MR) is 76.5 cm³/mol. The lowest BCUT2D eigenvalue weighted by molar-refractivity contribution is -0.110. The summed E-state index contributed by atoms with van der Waals surface area (Å²) in [7, 11) is 0. The first-order valence-corrected chi connectivity index (χ1v) is 7.54. The third kappa shape index (κ3) is 16.0. The first-order valence-electron chi connectivity index (χ1n) is 7.10. The molecular weight excluding hydrogens is 232 g/mol. The molecule has 3 heteroatoms. The van der Waals surface area contributed by atoms with Crippen LogP contribution in [0.1, 0.15) is 77.0 Å². The number of aliphatic hydroxyl groups is 1. The fraction of sp³-hybridized carbons (Fsp3) is 0.929. The van der Waals surface area contributed by atoms with Gasteiger partial charge >= 0.3 is 0 Å². The van der Waals surface area contributed by atoms with Gasteiger partial charge in [0.1, 0.15) is 0 Å². The number of rotatable bonds is 13. The maximum Gasteiger partial charge on any atom is 0.185 e. The van der Waals surface area contributed by atoms with Crippen LogP contribution in [-0.2, 0) is 4.79 Å². The molecule has 17 heavy (non-hydrogen) atoms. The van der Waals surface area contributed by atoms with Gasteiger partial charge in [-0.2, -0.15) is 0 Å². The molecule has 0 amide bonds. The van der Waals surface area contributed by atoms with Crippen LogP contribution in [0, 0.1) is 0 Å². The van der Waals surface area contributed by atoms with Gasteiger partial charge in [0, 0.05) is 13.0 Å². The molecule has 0 aromatic rings. The lowest BCUT2D eigenvalue weighted by Gasteiger charge is -2.02. The summed E-state index contributed by atoms with van der Waals surface area (Å²) in [4.78, 5) is 10.6. The zero-order chi connectivity index (χ0) is 12.8. The van der Waals surface area contributed by atoms with Crippen molar-refractivity contribution in [2.45, 2.75) is 77.0 Å². The fourth-order valence-electron chi connectivity index (χ4n) is 1.98. The Bertz CT molecular complexity index is 172. The Labute approximate surface area is 112 Å². The van der Waals surface area contributed by atoms with E-state index in [2.05, 4.69) is 12.6 Å². The van der Waals surface area contributed by atoms with Crippen molar-refractivity contribution >= 4 is 17.7 Å². The number of carbonyl (C=O) groups is 1. The molecule has 0 radical (unpaired) electrons. The van der Waals surface area contributed by atoms with Crippen LogP contribution in [0.15, 0.2) is 0 Å². The van der Waals surface area contributed by atoms with E-state index in [1.807, 2.05) is 0 Å². The molecule has 0 fully saturated rings. The van der Waals surface area contributed by atoms with Crippen molar-refractivity contribution in [3.8, 4) is 0 Å². The molecule has 0 saturated heterocycles. The molecular formula is C14H28O2S. The van der Waals surface area contributed by atoms with Gasteiger partial charge in [-0.05, 0) is 12.8 Å². The second-order valence-corrected chi connectivity index (χ2v) is 5.26. The summed E-state index contributed by atoms with van der Waals surface area (Å²) in [5.74, 6) is 0. The fourth-order valence-corrected chi connectivity index (χ4v) is 2.14. The van der Waals surface area contributed by atoms with Crippen LogP contribution in [0.2, 0.25) is 0 Å². The molecule has 0 bridgehead atoms. The van der Waals surface area contributed by atoms with Crippen molar-refractivity contribution in [1.29, 1.82) is 0 Å². The normalized spacial score (nSPS) is 10.7. The Hall–Kier alpha value is -0.0200. The van der Waals surface area contributed by atoms with E-state index in [-0.39, 0.29) is 5.12 Å². The minimum atomic E-state index is 0.0212. The number of hydrogen-bond acceptors (Lipinski definition) is 2. The van der Waals surface area contributed by atoms with E-state index in [0.717, 1.165) is 12.8 Å². The molecule has 0 aliphatic carbocycles. The molecule has 1 N–H and O–H groups in total. The minimum absolute atomic E-state index is 0.0212. The molecule has 2 nitrogen and oxygen atoms in total. The van der Waals surface area contributed by atoms with Crippen molar-refractivity contribution in [1.82, 2.24) is 0 Å². The van der Waals surface area contributed by atoms with Crippen LogP contribution >= 0.6 is 12.6 Å².